The van der Waals surface area contributed by atoms with E-state index in [9.17, 15) is 0 Å². The van der Waals surface area contributed by atoms with Crippen molar-refractivity contribution in [3.63, 3.8) is 0 Å². The van der Waals surface area contributed by atoms with Crippen molar-refractivity contribution in [3.8, 4) is 11.1 Å². The number of hydrogen-bond donors (Lipinski definition) is 0. The standard InChI is InChI=1S/C24H30/c1-16-11-17-9-8-10-21(22(17)12-16)18-13-19(23(2,3)4)15-20(14-18)24(5,6)7/h8-10,12-15H,11H2,1-7H3. The van der Waals surface area contributed by atoms with E-state index in [0.29, 0.717) is 0 Å². The maximum absolute atomic E-state index is 2.40. The third-order valence-electron chi connectivity index (χ3n) is 5.03. The fourth-order valence-electron chi connectivity index (χ4n) is 3.44. The van der Waals surface area contributed by atoms with Gasteiger partial charge in [-0.1, -0.05) is 89.6 Å². The van der Waals surface area contributed by atoms with Crippen LogP contribution in [0.5, 0.6) is 0 Å². The summed E-state index contributed by atoms with van der Waals surface area (Å²) in [4.78, 5) is 0. The Morgan fingerprint density at radius 1 is 0.792 bits per heavy atom. The predicted molar refractivity (Wildman–Crippen MR) is 107 cm³/mol. The molecule has 0 spiro atoms. The number of fused-ring (bicyclic) bond motifs is 1. The van der Waals surface area contributed by atoms with E-state index >= 15 is 0 Å². The van der Waals surface area contributed by atoms with Gasteiger partial charge in [0.2, 0.25) is 0 Å². The van der Waals surface area contributed by atoms with E-state index < -0.39 is 0 Å². The van der Waals surface area contributed by atoms with Crippen LogP contribution in [0.25, 0.3) is 17.2 Å². The minimum Gasteiger partial charge on any atom is -0.0683 e. The molecule has 0 fully saturated rings. The fraction of sp³-hybridized carbons (Fsp3) is 0.417. The van der Waals surface area contributed by atoms with E-state index in [0.717, 1.165) is 6.42 Å². The first-order chi connectivity index (χ1) is 11.1. The van der Waals surface area contributed by atoms with Gasteiger partial charge in [0.1, 0.15) is 0 Å². The fourth-order valence-corrected chi connectivity index (χ4v) is 3.44. The van der Waals surface area contributed by atoms with E-state index in [1.165, 1.54) is 39.0 Å². The molecule has 0 aliphatic heterocycles. The van der Waals surface area contributed by atoms with E-state index in [4.69, 9.17) is 0 Å². The molecule has 0 atom stereocenters. The van der Waals surface area contributed by atoms with Crippen molar-refractivity contribution >= 4 is 6.08 Å². The molecule has 126 valence electrons. The molecule has 0 unspecified atom stereocenters. The largest absolute Gasteiger partial charge is 0.0683 e. The van der Waals surface area contributed by atoms with Crippen LogP contribution in [0.2, 0.25) is 0 Å². The minimum absolute atomic E-state index is 0.152. The molecule has 1 aliphatic carbocycles. The van der Waals surface area contributed by atoms with Crippen LogP contribution in [0.3, 0.4) is 0 Å². The lowest BCUT2D eigenvalue weighted by Gasteiger charge is -2.26. The topological polar surface area (TPSA) is 0 Å². The molecule has 0 bridgehead atoms. The third kappa shape index (κ3) is 3.20. The van der Waals surface area contributed by atoms with Gasteiger partial charge in [-0.2, -0.15) is 0 Å². The molecule has 24 heavy (non-hydrogen) atoms. The summed E-state index contributed by atoms with van der Waals surface area (Å²) in [7, 11) is 0. The molecule has 0 radical (unpaired) electrons. The molecule has 0 amide bonds. The lowest BCUT2D eigenvalue weighted by atomic mass is 9.78. The monoisotopic (exact) mass is 318 g/mol. The Morgan fingerprint density at radius 2 is 1.38 bits per heavy atom. The number of rotatable bonds is 1. The summed E-state index contributed by atoms with van der Waals surface area (Å²) >= 11 is 0. The van der Waals surface area contributed by atoms with Crippen LogP contribution in [-0.4, -0.2) is 0 Å². The highest BCUT2D eigenvalue weighted by molar-refractivity contribution is 5.81. The maximum atomic E-state index is 2.40. The quantitative estimate of drug-likeness (QED) is 0.536. The van der Waals surface area contributed by atoms with Gasteiger partial charge in [-0.3, -0.25) is 0 Å². The Morgan fingerprint density at radius 3 is 1.92 bits per heavy atom. The second kappa shape index (κ2) is 5.62. The molecule has 0 saturated carbocycles. The smallest absolute Gasteiger partial charge is 0.00604 e. The highest BCUT2D eigenvalue weighted by Gasteiger charge is 2.22. The minimum atomic E-state index is 0.152. The Kier molecular flexibility index (Phi) is 3.98. The first kappa shape index (κ1) is 17.0. The average molecular weight is 319 g/mol. The van der Waals surface area contributed by atoms with E-state index in [2.05, 4.69) is 90.9 Å². The van der Waals surface area contributed by atoms with Gasteiger partial charge in [-0.05, 0) is 57.6 Å². The van der Waals surface area contributed by atoms with Crippen molar-refractivity contribution in [1.82, 2.24) is 0 Å². The van der Waals surface area contributed by atoms with Crippen molar-refractivity contribution in [2.75, 3.05) is 0 Å². The molecular weight excluding hydrogens is 288 g/mol. The second-order valence-electron chi connectivity index (χ2n) is 9.34. The maximum Gasteiger partial charge on any atom is -0.00604 e. The first-order valence-electron chi connectivity index (χ1n) is 9.01. The summed E-state index contributed by atoms with van der Waals surface area (Å²) in [6.07, 6.45) is 3.46. The van der Waals surface area contributed by atoms with Gasteiger partial charge in [0.15, 0.2) is 0 Å². The van der Waals surface area contributed by atoms with Crippen molar-refractivity contribution < 1.29 is 0 Å². The first-order valence-corrected chi connectivity index (χ1v) is 9.01. The molecule has 0 heterocycles. The molecule has 2 aromatic rings. The molecule has 1 aliphatic rings. The second-order valence-corrected chi connectivity index (χ2v) is 9.34. The normalized spacial score (nSPS) is 14.5. The van der Waals surface area contributed by atoms with Gasteiger partial charge >= 0.3 is 0 Å². The van der Waals surface area contributed by atoms with E-state index in [1.54, 1.807) is 0 Å². The Labute approximate surface area is 147 Å². The molecule has 2 aromatic carbocycles. The van der Waals surface area contributed by atoms with Crippen molar-refractivity contribution in [2.24, 2.45) is 0 Å². The summed E-state index contributed by atoms with van der Waals surface area (Å²) < 4.78 is 0. The van der Waals surface area contributed by atoms with Crippen LogP contribution < -0.4 is 0 Å². The lowest BCUT2D eigenvalue weighted by molar-refractivity contribution is 0.569. The van der Waals surface area contributed by atoms with Crippen LogP contribution in [0, 0.1) is 0 Å². The van der Waals surface area contributed by atoms with Crippen molar-refractivity contribution in [2.45, 2.75) is 65.7 Å². The van der Waals surface area contributed by atoms with Crippen LogP contribution in [0.1, 0.15) is 70.7 Å². The highest BCUT2D eigenvalue weighted by atomic mass is 14.3. The van der Waals surface area contributed by atoms with Gasteiger partial charge in [0, 0.05) is 0 Å². The summed E-state index contributed by atoms with van der Waals surface area (Å²) in [5, 5.41) is 0. The summed E-state index contributed by atoms with van der Waals surface area (Å²) in [5.41, 5.74) is 10.2. The van der Waals surface area contributed by atoms with Gasteiger partial charge in [0.05, 0.1) is 0 Å². The Hall–Kier alpha value is -1.82. The number of allylic oxidation sites excluding steroid dienone is 1. The molecule has 0 aromatic heterocycles. The molecular formula is C24H30. The van der Waals surface area contributed by atoms with Gasteiger partial charge in [-0.25, -0.2) is 0 Å². The zero-order valence-corrected chi connectivity index (χ0v) is 16.2. The van der Waals surface area contributed by atoms with Crippen molar-refractivity contribution in [3.05, 3.63) is 64.2 Å². The molecule has 0 heteroatoms. The summed E-state index contributed by atoms with van der Waals surface area (Å²) in [5.74, 6) is 0. The molecule has 0 nitrogen and oxygen atoms in total. The van der Waals surface area contributed by atoms with Crippen LogP contribution in [0.4, 0.5) is 0 Å². The predicted octanol–water partition coefficient (Wildman–Crippen LogP) is 6.91. The Bertz CT molecular complexity index is 773. The Balaban J connectivity index is 2.25. The molecule has 3 rings (SSSR count). The molecule has 0 saturated heterocycles. The summed E-state index contributed by atoms with van der Waals surface area (Å²) in [6, 6.07) is 13.9. The van der Waals surface area contributed by atoms with Crippen LogP contribution >= 0.6 is 0 Å². The van der Waals surface area contributed by atoms with Crippen LogP contribution in [-0.2, 0) is 17.3 Å². The van der Waals surface area contributed by atoms with Gasteiger partial charge in [-0.15, -0.1) is 0 Å². The van der Waals surface area contributed by atoms with E-state index in [-0.39, 0.29) is 10.8 Å². The lowest BCUT2D eigenvalue weighted by Crippen LogP contribution is -2.16. The van der Waals surface area contributed by atoms with Crippen molar-refractivity contribution in [1.29, 1.82) is 0 Å². The third-order valence-corrected chi connectivity index (χ3v) is 5.03. The van der Waals surface area contributed by atoms with Gasteiger partial charge < -0.3 is 0 Å². The summed E-state index contributed by atoms with van der Waals surface area (Å²) in [6.45, 7) is 16.1. The number of hydrogen-bond acceptors (Lipinski definition) is 0. The average Bonchev–Trinajstić information content (AvgIpc) is 2.84. The van der Waals surface area contributed by atoms with Crippen LogP contribution in [0.15, 0.2) is 42.0 Å². The highest BCUT2D eigenvalue weighted by Crippen LogP contribution is 2.38. The number of benzene rings is 2. The SMILES string of the molecule is CC1=Cc2c(cccc2-c2cc(C(C)(C)C)cc(C(C)(C)C)c2)C1. The molecule has 0 N–H and O–H groups in total. The van der Waals surface area contributed by atoms with E-state index in [1.807, 2.05) is 0 Å². The zero-order valence-electron chi connectivity index (χ0n) is 16.2. The zero-order chi connectivity index (χ0) is 17.7. The van der Waals surface area contributed by atoms with Gasteiger partial charge in [0.25, 0.3) is 0 Å².